The second-order valence-corrected chi connectivity index (χ2v) is 2.85. The number of carbonyl (C=O) groups excluding carboxylic acids is 1. The molecule has 2 heteroatoms. The molecule has 1 aliphatic rings. The Morgan fingerprint density at radius 3 is 2.75 bits per heavy atom. The molecule has 1 aliphatic carbocycles. The van der Waals surface area contributed by atoms with Crippen molar-refractivity contribution in [1.29, 1.82) is 0 Å². The SMILES string of the molecule is O=C1CC/C1=C\c1ccccn1. The van der Waals surface area contributed by atoms with Crippen molar-refractivity contribution in [2.75, 3.05) is 0 Å². The molecular formula is C10H9NO. The van der Waals surface area contributed by atoms with E-state index < -0.39 is 0 Å². The summed E-state index contributed by atoms with van der Waals surface area (Å²) < 4.78 is 0. The molecule has 0 bridgehead atoms. The quantitative estimate of drug-likeness (QED) is 0.585. The maximum Gasteiger partial charge on any atom is 0.159 e. The van der Waals surface area contributed by atoms with Gasteiger partial charge in [0.15, 0.2) is 5.78 Å². The zero-order chi connectivity index (χ0) is 8.39. The number of ketones is 1. The molecule has 1 aromatic rings. The third-order valence-electron chi connectivity index (χ3n) is 1.99. The van der Waals surface area contributed by atoms with E-state index in [1.165, 1.54) is 0 Å². The molecule has 60 valence electrons. The predicted octanol–water partition coefficient (Wildman–Crippen LogP) is 1.83. The molecule has 2 nitrogen and oxygen atoms in total. The van der Waals surface area contributed by atoms with Crippen LogP contribution < -0.4 is 0 Å². The van der Waals surface area contributed by atoms with E-state index in [9.17, 15) is 4.79 Å². The van der Waals surface area contributed by atoms with E-state index in [-0.39, 0.29) is 5.78 Å². The normalized spacial score (nSPS) is 19.3. The van der Waals surface area contributed by atoms with Crippen LogP contribution in [0.25, 0.3) is 6.08 Å². The number of hydrogen-bond acceptors (Lipinski definition) is 2. The fourth-order valence-electron chi connectivity index (χ4n) is 1.16. The second kappa shape index (κ2) is 2.89. The lowest BCUT2D eigenvalue weighted by Crippen LogP contribution is -2.13. The molecule has 1 fully saturated rings. The lowest BCUT2D eigenvalue weighted by Gasteiger charge is -2.13. The minimum Gasteiger partial charge on any atom is -0.295 e. The van der Waals surface area contributed by atoms with Gasteiger partial charge in [-0.15, -0.1) is 0 Å². The van der Waals surface area contributed by atoms with Crippen LogP contribution in [0.2, 0.25) is 0 Å². The van der Waals surface area contributed by atoms with Gasteiger partial charge < -0.3 is 0 Å². The van der Waals surface area contributed by atoms with E-state index in [4.69, 9.17) is 0 Å². The van der Waals surface area contributed by atoms with Crippen molar-refractivity contribution in [1.82, 2.24) is 4.98 Å². The van der Waals surface area contributed by atoms with Crippen LogP contribution in [0.5, 0.6) is 0 Å². The van der Waals surface area contributed by atoms with Crippen molar-refractivity contribution in [3.05, 3.63) is 35.7 Å². The number of allylic oxidation sites excluding steroid dienone is 1. The van der Waals surface area contributed by atoms with Gasteiger partial charge in [0.25, 0.3) is 0 Å². The lowest BCUT2D eigenvalue weighted by molar-refractivity contribution is -0.118. The molecule has 0 saturated heterocycles. The van der Waals surface area contributed by atoms with E-state index in [0.717, 1.165) is 17.7 Å². The Morgan fingerprint density at radius 2 is 2.25 bits per heavy atom. The lowest BCUT2D eigenvalue weighted by atomic mass is 9.90. The van der Waals surface area contributed by atoms with Gasteiger partial charge in [0.1, 0.15) is 0 Å². The Kier molecular flexibility index (Phi) is 1.74. The molecule has 0 unspecified atom stereocenters. The third kappa shape index (κ3) is 1.28. The molecule has 0 aliphatic heterocycles. The van der Waals surface area contributed by atoms with Crippen molar-refractivity contribution in [2.45, 2.75) is 12.8 Å². The summed E-state index contributed by atoms with van der Waals surface area (Å²) in [5, 5.41) is 0. The first-order valence-corrected chi connectivity index (χ1v) is 4.01. The molecule has 0 N–H and O–H groups in total. The molecule has 2 rings (SSSR count). The summed E-state index contributed by atoms with van der Waals surface area (Å²) >= 11 is 0. The van der Waals surface area contributed by atoms with Gasteiger partial charge in [-0.2, -0.15) is 0 Å². The molecule has 1 aromatic heterocycles. The van der Waals surface area contributed by atoms with Gasteiger partial charge in [-0.1, -0.05) is 6.07 Å². The number of carbonyl (C=O) groups is 1. The molecule has 1 heterocycles. The van der Waals surface area contributed by atoms with Gasteiger partial charge in [0.05, 0.1) is 5.69 Å². The summed E-state index contributed by atoms with van der Waals surface area (Å²) in [5.41, 5.74) is 1.79. The number of hydrogen-bond donors (Lipinski definition) is 0. The van der Waals surface area contributed by atoms with Gasteiger partial charge in [0.2, 0.25) is 0 Å². The fraction of sp³-hybridized carbons (Fsp3) is 0.200. The molecular weight excluding hydrogens is 150 g/mol. The zero-order valence-electron chi connectivity index (χ0n) is 6.66. The van der Waals surface area contributed by atoms with Crippen LogP contribution in [0.15, 0.2) is 30.0 Å². The molecule has 0 atom stereocenters. The average molecular weight is 159 g/mol. The van der Waals surface area contributed by atoms with Gasteiger partial charge in [-0.3, -0.25) is 9.78 Å². The summed E-state index contributed by atoms with van der Waals surface area (Å²) in [6.07, 6.45) is 5.22. The highest BCUT2D eigenvalue weighted by Crippen LogP contribution is 2.22. The zero-order valence-corrected chi connectivity index (χ0v) is 6.66. The molecule has 0 radical (unpaired) electrons. The Morgan fingerprint density at radius 1 is 1.33 bits per heavy atom. The van der Waals surface area contributed by atoms with Gasteiger partial charge in [0, 0.05) is 12.6 Å². The summed E-state index contributed by atoms with van der Waals surface area (Å²) in [4.78, 5) is 15.0. The Labute approximate surface area is 70.9 Å². The number of aromatic nitrogens is 1. The minimum atomic E-state index is 0.264. The van der Waals surface area contributed by atoms with Crippen LogP contribution in [0.3, 0.4) is 0 Å². The van der Waals surface area contributed by atoms with Gasteiger partial charge in [-0.25, -0.2) is 0 Å². The number of nitrogens with zero attached hydrogens (tertiary/aromatic N) is 1. The van der Waals surface area contributed by atoms with E-state index in [2.05, 4.69) is 4.98 Å². The van der Waals surface area contributed by atoms with Crippen molar-refractivity contribution in [3.8, 4) is 0 Å². The van der Waals surface area contributed by atoms with Crippen molar-refractivity contribution in [3.63, 3.8) is 0 Å². The molecule has 0 aromatic carbocycles. The highest BCUT2D eigenvalue weighted by Gasteiger charge is 2.19. The number of Topliss-reactive ketones (excluding diaryl/α,β-unsaturated/α-hetero) is 1. The average Bonchev–Trinajstić information content (AvgIpc) is 2.14. The largest absolute Gasteiger partial charge is 0.295 e. The fourth-order valence-corrected chi connectivity index (χ4v) is 1.16. The second-order valence-electron chi connectivity index (χ2n) is 2.85. The monoisotopic (exact) mass is 159 g/mol. The first-order chi connectivity index (χ1) is 5.86. The van der Waals surface area contributed by atoms with Gasteiger partial charge >= 0.3 is 0 Å². The van der Waals surface area contributed by atoms with E-state index >= 15 is 0 Å². The molecule has 1 saturated carbocycles. The summed E-state index contributed by atoms with van der Waals surface area (Å²) in [6, 6.07) is 5.69. The standard InChI is InChI=1S/C10H9NO/c12-10-5-4-8(10)7-9-3-1-2-6-11-9/h1-3,6-7H,4-5H2/b8-7+. The smallest absolute Gasteiger partial charge is 0.159 e. The van der Waals surface area contributed by atoms with Crippen LogP contribution in [0.1, 0.15) is 18.5 Å². The molecule has 0 spiro atoms. The van der Waals surface area contributed by atoms with Crippen molar-refractivity contribution >= 4 is 11.9 Å². The van der Waals surface area contributed by atoms with Crippen LogP contribution in [0.4, 0.5) is 0 Å². The minimum absolute atomic E-state index is 0.264. The maximum absolute atomic E-state index is 10.9. The topological polar surface area (TPSA) is 30.0 Å². The Balaban J connectivity index is 2.23. The third-order valence-corrected chi connectivity index (χ3v) is 1.99. The Bertz CT molecular complexity index is 327. The summed E-state index contributed by atoms with van der Waals surface area (Å²) in [7, 11) is 0. The first kappa shape index (κ1) is 7.22. The predicted molar refractivity (Wildman–Crippen MR) is 46.5 cm³/mol. The Hall–Kier alpha value is -1.44. The highest BCUT2D eigenvalue weighted by atomic mass is 16.1. The van der Waals surface area contributed by atoms with Crippen LogP contribution >= 0.6 is 0 Å². The molecule has 12 heavy (non-hydrogen) atoms. The first-order valence-electron chi connectivity index (χ1n) is 4.01. The van der Waals surface area contributed by atoms with E-state index in [0.29, 0.717) is 6.42 Å². The number of rotatable bonds is 1. The van der Waals surface area contributed by atoms with Gasteiger partial charge in [-0.05, 0) is 30.2 Å². The highest BCUT2D eigenvalue weighted by molar-refractivity contribution is 6.05. The van der Waals surface area contributed by atoms with Crippen LogP contribution in [-0.2, 0) is 4.79 Å². The molecule has 0 amide bonds. The van der Waals surface area contributed by atoms with Crippen LogP contribution in [-0.4, -0.2) is 10.8 Å². The van der Waals surface area contributed by atoms with Crippen molar-refractivity contribution in [2.24, 2.45) is 0 Å². The van der Waals surface area contributed by atoms with E-state index in [1.807, 2.05) is 24.3 Å². The summed E-state index contributed by atoms with van der Waals surface area (Å²) in [6.45, 7) is 0. The number of pyridine rings is 1. The van der Waals surface area contributed by atoms with Crippen LogP contribution in [0, 0.1) is 0 Å². The van der Waals surface area contributed by atoms with E-state index in [1.54, 1.807) is 6.20 Å². The summed E-state index contributed by atoms with van der Waals surface area (Å²) in [5.74, 6) is 0.264. The maximum atomic E-state index is 10.9. The van der Waals surface area contributed by atoms with Crippen molar-refractivity contribution < 1.29 is 4.79 Å².